The van der Waals surface area contributed by atoms with Gasteiger partial charge in [0.2, 0.25) is 0 Å². The lowest BCUT2D eigenvalue weighted by Crippen LogP contribution is -2.34. The van der Waals surface area contributed by atoms with E-state index in [1.54, 1.807) is 34.6 Å². The highest BCUT2D eigenvalue weighted by molar-refractivity contribution is 5.89. The largest absolute Gasteiger partial charge is 0.492 e. The zero-order valence-corrected chi connectivity index (χ0v) is 16.4. The monoisotopic (exact) mass is 386 g/mol. The molecule has 0 fully saturated rings. The molecule has 0 unspecified atom stereocenters. The van der Waals surface area contributed by atoms with E-state index in [1.807, 2.05) is 0 Å². The first-order valence-electron chi connectivity index (χ1n) is 8.51. The first kappa shape index (κ1) is 24.3. The highest BCUT2D eigenvalue weighted by Crippen LogP contribution is 2.14. The number of esters is 1. The summed E-state index contributed by atoms with van der Waals surface area (Å²) in [6.45, 7) is 9.41. The van der Waals surface area contributed by atoms with Crippen molar-refractivity contribution < 1.29 is 35.1 Å². The van der Waals surface area contributed by atoms with Gasteiger partial charge >= 0.3 is 12.1 Å². The number of rotatable bonds is 7. The summed E-state index contributed by atoms with van der Waals surface area (Å²) in [5, 5.41) is 10.1. The van der Waals surface area contributed by atoms with E-state index >= 15 is 0 Å². The van der Waals surface area contributed by atoms with Gasteiger partial charge in [0.25, 0.3) is 0 Å². The number of hydrogen-bond donors (Lipinski definition) is 2. The summed E-state index contributed by atoms with van der Waals surface area (Å²) >= 11 is 0. The van der Waals surface area contributed by atoms with Gasteiger partial charge < -0.3 is 24.6 Å². The van der Waals surface area contributed by atoms with E-state index in [-0.39, 0.29) is 44.9 Å². The number of alkyl carbamates (subject to hydrolysis) is 1. The number of amides is 1. The molecule has 0 atom stereocenters. The maximum atomic E-state index is 11.7. The van der Waals surface area contributed by atoms with E-state index in [0.29, 0.717) is 6.29 Å². The van der Waals surface area contributed by atoms with E-state index in [9.17, 15) is 14.4 Å². The minimum atomic E-state index is -0.641. The van der Waals surface area contributed by atoms with Crippen LogP contribution in [-0.2, 0) is 9.47 Å². The molecule has 0 aromatic carbocycles. The number of aldehydes is 1. The van der Waals surface area contributed by atoms with Gasteiger partial charge in [-0.1, -0.05) is 0 Å². The van der Waals surface area contributed by atoms with Crippen LogP contribution in [0.2, 0.25) is 0 Å². The van der Waals surface area contributed by atoms with Crippen molar-refractivity contribution in [3.05, 3.63) is 23.5 Å². The third kappa shape index (κ3) is 11.5. The molecule has 0 aliphatic heterocycles. The molecule has 0 bridgehead atoms. The van der Waals surface area contributed by atoms with E-state index in [2.05, 4.69) is 10.3 Å². The molecule has 27 heavy (non-hydrogen) atoms. The number of nitrogens with one attached hydrogen (secondary N) is 1. The number of aliphatic hydroxyl groups is 1. The fraction of sp³-hybridized carbons (Fsp3) is 0.556. The summed E-state index contributed by atoms with van der Waals surface area (Å²) in [5.74, 6) is -0.362. The molecular weight excluding hydrogens is 356 g/mol. The summed E-state index contributed by atoms with van der Waals surface area (Å²) < 4.78 is 15.3. The molecule has 9 heteroatoms. The number of pyridine rings is 1. The molecule has 9 nitrogen and oxygen atoms in total. The maximum Gasteiger partial charge on any atom is 0.407 e. The van der Waals surface area contributed by atoms with Crippen molar-refractivity contribution in [2.45, 2.75) is 40.2 Å². The SMILES string of the molecule is CCO.CCOC(=O)c1cc(OCCNC(=O)OC(C)(C)C)cc(C=O)n1.[HH]. The molecule has 1 rings (SSSR count). The molecule has 0 aliphatic carbocycles. The number of hydrogen-bond acceptors (Lipinski definition) is 8. The lowest BCUT2D eigenvalue weighted by atomic mass is 10.2. The number of aromatic nitrogens is 1. The third-order valence-corrected chi connectivity index (χ3v) is 2.46. The van der Waals surface area contributed by atoms with Crippen LogP contribution in [0.15, 0.2) is 12.1 Å². The molecule has 1 aromatic heterocycles. The first-order chi connectivity index (χ1) is 12.7. The van der Waals surface area contributed by atoms with Crippen LogP contribution in [0.1, 0.15) is 57.0 Å². The van der Waals surface area contributed by atoms with Crippen LogP contribution in [0.3, 0.4) is 0 Å². The van der Waals surface area contributed by atoms with Crippen molar-refractivity contribution >= 4 is 18.3 Å². The number of carbonyl (C=O) groups is 3. The molecule has 1 amide bonds. The predicted octanol–water partition coefficient (Wildman–Crippen LogP) is 2.22. The van der Waals surface area contributed by atoms with E-state index in [0.717, 1.165) is 0 Å². The molecule has 0 spiro atoms. The molecule has 154 valence electrons. The average molecular weight is 386 g/mol. The van der Waals surface area contributed by atoms with Gasteiger partial charge in [0, 0.05) is 20.2 Å². The summed E-state index contributed by atoms with van der Waals surface area (Å²) in [6, 6.07) is 2.77. The lowest BCUT2D eigenvalue weighted by Gasteiger charge is -2.19. The van der Waals surface area contributed by atoms with Crippen molar-refractivity contribution in [1.82, 2.24) is 10.3 Å². The lowest BCUT2D eigenvalue weighted by molar-refractivity contribution is 0.0512. The second kappa shape index (κ2) is 12.6. The minimum absolute atomic E-state index is 0. The number of aliphatic hydroxyl groups excluding tert-OH is 1. The first-order valence-corrected chi connectivity index (χ1v) is 8.51. The quantitative estimate of drug-likeness (QED) is 0.415. The predicted molar refractivity (Wildman–Crippen MR) is 100 cm³/mol. The van der Waals surface area contributed by atoms with Crippen molar-refractivity contribution in [3.8, 4) is 5.75 Å². The van der Waals surface area contributed by atoms with Crippen LogP contribution in [0.4, 0.5) is 4.79 Å². The Kier molecular flexibility index (Phi) is 11.4. The molecule has 0 saturated carbocycles. The molecule has 0 saturated heterocycles. The summed E-state index contributed by atoms with van der Waals surface area (Å²) in [5.41, 5.74) is -0.545. The van der Waals surface area contributed by atoms with Gasteiger partial charge in [-0.25, -0.2) is 14.6 Å². The Morgan fingerprint density at radius 1 is 1.30 bits per heavy atom. The summed E-state index contributed by atoms with van der Waals surface area (Å²) in [4.78, 5) is 37.9. The Hall–Kier alpha value is -2.68. The highest BCUT2D eigenvalue weighted by Gasteiger charge is 2.16. The van der Waals surface area contributed by atoms with Gasteiger partial charge in [-0.2, -0.15) is 0 Å². The zero-order chi connectivity index (χ0) is 20.9. The van der Waals surface area contributed by atoms with Gasteiger partial charge in [-0.05, 0) is 34.6 Å². The number of carbonyl (C=O) groups excluding carboxylic acids is 3. The van der Waals surface area contributed by atoms with E-state index in [1.165, 1.54) is 12.1 Å². The van der Waals surface area contributed by atoms with E-state index < -0.39 is 17.7 Å². The molecule has 0 aliphatic rings. The third-order valence-electron chi connectivity index (χ3n) is 2.46. The van der Waals surface area contributed by atoms with Crippen LogP contribution in [0.5, 0.6) is 5.75 Å². The second-order valence-electron chi connectivity index (χ2n) is 6.04. The number of ether oxygens (including phenoxy) is 3. The molecule has 2 N–H and O–H groups in total. The van der Waals surface area contributed by atoms with Crippen LogP contribution in [-0.4, -0.2) is 60.4 Å². The van der Waals surface area contributed by atoms with E-state index in [4.69, 9.17) is 19.3 Å². The van der Waals surface area contributed by atoms with Gasteiger partial charge in [0.15, 0.2) is 12.0 Å². The van der Waals surface area contributed by atoms with Gasteiger partial charge in [-0.3, -0.25) is 4.79 Å². The van der Waals surface area contributed by atoms with Crippen molar-refractivity contribution in [2.75, 3.05) is 26.4 Å². The smallest absolute Gasteiger partial charge is 0.407 e. The Bertz CT molecular complexity index is 618. The van der Waals surface area contributed by atoms with Crippen LogP contribution >= 0.6 is 0 Å². The van der Waals surface area contributed by atoms with Crippen molar-refractivity contribution in [1.29, 1.82) is 0 Å². The second-order valence-corrected chi connectivity index (χ2v) is 6.04. The minimum Gasteiger partial charge on any atom is -0.492 e. The Labute approximate surface area is 160 Å². The van der Waals surface area contributed by atoms with Gasteiger partial charge in [-0.15, -0.1) is 0 Å². The maximum absolute atomic E-state index is 11.7. The standard InChI is InChI=1S/C16H22N2O6.C2H6O.H2/c1-5-22-14(20)13-9-12(8-11(10-19)18-13)23-7-6-17-15(21)24-16(2,3)4;1-2-3;/h8-10H,5-7H2,1-4H3,(H,17,21);3H,2H2,1H3;1H. The van der Waals surface area contributed by atoms with Crippen molar-refractivity contribution in [2.24, 2.45) is 0 Å². The summed E-state index contributed by atoms with van der Waals surface area (Å²) in [6.07, 6.45) is -0.0456. The normalized spacial score (nSPS) is 10.1. The fourth-order valence-electron chi connectivity index (χ4n) is 1.62. The van der Waals surface area contributed by atoms with Crippen LogP contribution in [0.25, 0.3) is 0 Å². The summed E-state index contributed by atoms with van der Waals surface area (Å²) in [7, 11) is 0. The Balaban J connectivity index is 0. The Morgan fingerprint density at radius 2 is 1.93 bits per heavy atom. The average Bonchev–Trinajstić information content (AvgIpc) is 2.58. The fourth-order valence-corrected chi connectivity index (χ4v) is 1.62. The van der Waals surface area contributed by atoms with Crippen LogP contribution < -0.4 is 10.1 Å². The zero-order valence-electron chi connectivity index (χ0n) is 16.4. The highest BCUT2D eigenvalue weighted by atomic mass is 16.6. The topological polar surface area (TPSA) is 124 Å². The molecule has 1 aromatic rings. The molecule has 0 radical (unpaired) electrons. The molecule has 1 heterocycles. The number of nitrogens with zero attached hydrogens (tertiary/aromatic N) is 1. The van der Waals surface area contributed by atoms with Gasteiger partial charge in [0.1, 0.15) is 23.7 Å². The van der Waals surface area contributed by atoms with Crippen molar-refractivity contribution in [3.63, 3.8) is 0 Å². The van der Waals surface area contributed by atoms with Gasteiger partial charge in [0.05, 0.1) is 13.2 Å². The Morgan fingerprint density at radius 3 is 2.44 bits per heavy atom. The molecular formula is C18H30N2O7. The van der Waals surface area contributed by atoms with Crippen LogP contribution in [0, 0.1) is 0 Å².